The fourth-order valence-electron chi connectivity index (χ4n) is 2.91. The molecular weight excluding hydrogens is 565 g/mol. The van der Waals surface area contributed by atoms with Crippen LogP contribution in [0.15, 0.2) is 70.1 Å². The van der Waals surface area contributed by atoms with Gasteiger partial charge in [0, 0.05) is 27.5 Å². The van der Waals surface area contributed by atoms with Gasteiger partial charge in [0.15, 0.2) is 16.1 Å². The normalized spacial score (nSPS) is 10.9. The largest absolute Gasteiger partial charge is 0.301 e. The quantitative estimate of drug-likeness (QED) is 0.178. The Labute approximate surface area is 217 Å². The molecule has 0 radical (unpaired) electrons. The lowest BCUT2D eigenvalue weighted by atomic mass is 10.2. The second kappa shape index (κ2) is 10.8. The number of carbonyl (C=O) groups excluding carboxylic acids is 1. The summed E-state index contributed by atoms with van der Waals surface area (Å²) in [6.07, 6.45) is 1.74. The molecule has 0 atom stereocenters. The summed E-state index contributed by atoms with van der Waals surface area (Å²) in [5.74, 6) is 0.598. The highest BCUT2D eigenvalue weighted by molar-refractivity contribution is 9.10. The zero-order valence-electron chi connectivity index (χ0n) is 17.0. The molecule has 2 aromatic heterocycles. The molecular formula is C22H16BrCl2N5OS2. The minimum absolute atomic E-state index is 0.157. The van der Waals surface area contributed by atoms with E-state index in [1.807, 2.05) is 40.3 Å². The highest BCUT2D eigenvalue weighted by Crippen LogP contribution is 2.30. The van der Waals surface area contributed by atoms with Crippen molar-refractivity contribution in [1.82, 2.24) is 19.7 Å². The summed E-state index contributed by atoms with van der Waals surface area (Å²) in [5.41, 5.74) is 2.57. The number of allylic oxidation sites excluding steroid dienone is 1. The topological polar surface area (TPSA) is 72.7 Å². The van der Waals surface area contributed by atoms with E-state index in [1.165, 1.54) is 23.1 Å². The van der Waals surface area contributed by atoms with Gasteiger partial charge >= 0.3 is 0 Å². The van der Waals surface area contributed by atoms with Gasteiger partial charge in [0.1, 0.15) is 0 Å². The van der Waals surface area contributed by atoms with Crippen LogP contribution >= 0.6 is 62.2 Å². The molecule has 0 aliphatic rings. The number of nitrogens with one attached hydrogen (secondary N) is 1. The zero-order chi connectivity index (χ0) is 23.4. The fourth-order valence-corrected chi connectivity index (χ4v) is 4.95. The van der Waals surface area contributed by atoms with Crippen molar-refractivity contribution in [3.8, 4) is 22.6 Å². The molecule has 0 aliphatic carbocycles. The van der Waals surface area contributed by atoms with E-state index in [0.717, 1.165) is 21.3 Å². The van der Waals surface area contributed by atoms with Crippen molar-refractivity contribution in [3.63, 3.8) is 0 Å². The van der Waals surface area contributed by atoms with Crippen LogP contribution in [-0.2, 0) is 11.3 Å². The average molecular weight is 581 g/mol. The maximum atomic E-state index is 12.5. The number of hydrogen-bond donors (Lipinski definition) is 1. The summed E-state index contributed by atoms with van der Waals surface area (Å²) in [5, 5.41) is 15.3. The molecule has 4 rings (SSSR count). The molecule has 0 aliphatic heterocycles. The second-order valence-electron chi connectivity index (χ2n) is 6.72. The third-order valence-electron chi connectivity index (χ3n) is 4.43. The van der Waals surface area contributed by atoms with Crippen molar-refractivity contribution in [2.45, 2.75) is 11.7 Å². The third kappa shape index (κ3) is 5.85. The van der Waals surface area contributed by atoms with Gasteiger partial charge in [-0.1, -0.05) is 69.1 Å². The standard InChI is InChI=1S/C22H16BrCl2N5OS2/c1-2-9-30-20(14-5-8-16(24)17(25)10-14)28-29-22(30)33-12-19(31)27-21-26-18(11-32-21)13-3-6-15(23)7-4-13/h2-8,10-11H,1,9,12H2,(H,26,27,31). The lowest BCUT2D eigenvalue weighted by Gasteiger charge is -2.08. The van der Waals surface area contributed by atoms with Gasteiger partial charge in [0.2, 0.25) is 5.91 Å². The minimum atomic E-state index is -0.180. The van der Waals surface area contributed by atoms with Crippen LogP contribution in [0.25, 0.3) is 22.6 Å². The van der Waals surface area contributed by atoms with Gasteiger partial charge < -0.3 is 5.32 Å². The van der Waals surface area contributed by atoms with Gasteiger partial charge in [0.05, 0.1) is 21.5 Å². The summed E-state index contributed by atoms with van der Waals surface area (Å²) >= 11 is 18.3. The molecule has 6 nitrogen and oxygen atoms in total. The molecule has 4 aromatic rings. The maximum absolute atomic E-state index is 12.5. The van der Waals surface area contributed by atoms with Gasteiger partial charge in [-0.25, -0.2) is 4.98 Å². The number of anilines is 1. The van der Waals surface area contributed by atoms with Crippen molar-refractivity contribution in [2.24, 2.45) is 0 Å². The minimum Gasteiger partial charge on any atom is -0.301 e. The van der Waals surface area contributed by atoms with Gasteiger partial charge in [-0.3, -0.25) is 9.36 Å². The Hall–Kier alpha value is -2.17. The Balaban J connectivity index is 1.43. The molecule has 0 spiro atoms. The van der Waals surface area contributed by atoms with Gasteiger partial charge in [-0.15, -0.1) is 28.1 Å². The number of hydrogen-bond acceptors (Lipinski definition) is 6. The summed E-state index contributed by atoms with van der Waals surface area (Å²) in [7, 11) is 0. The molecule has 0 unspecified atom stereocenters. The van der Waals surface area contributed by atoms with Gasteiger partial charge in [0.25, 0.3) is 0 Å². The van der Waals surface area contributed by atoms with E-state index in [0.29, 0.717) is 32.7 Å². The first-order valence-corrected chi connectivity index (χ1v) is 13.0. The first kappa shape index (κ1) is 24.0. The highest BCUT2D eigenvalue weighted by Gasteiger charge is 2.16. The Bertz CT molecular complexity index is 1310. The Kier molecular flexibility index (Phi) is 7.87. The molecule has 0 saturated carbocycles. The van der Waals surface area contributed by atoms with Crippen LogP contribution in [0.2, 0.25) is 10.0 Å². The second-order valence-corrected chi connectivity index (χ2v) is 10.2. The fraction of sp³-hybridized carbons (Fsp3) is 0.0909. The van der Waals surface area contributed by atoms with Crippen molar-refractivity contribution < 1.29 is 4.79 Å². The SMILES string of the molecule is C=CCn1c(SCC(=O)Nc2nc(-c3ccc(Br)cc3)cs2)nnc1-c1ccc(Cl)c(Cl)c1. The molecule has 33 heavy (non-hydrogen) atoms. The summed E-state index contributed by atoms with van der Waals surface area (Å²) in [6.45, 7) is 4.29. The van der Waals surface area contributed by atoms with Crippen LogP contribution in [0.5, 0.6) is 0 Å². The monoisotopic (exact) mass is 579 g/mol. The first-order valence-electron chi connectivity index (χ1n) is 9.58. The van der Waals surface area contributed by atoms with Crippen LogP contribution in [0.1, 0.15) is 0 Å². The van der Waals surface area contributed by atoms with Gasteiger partial charge in [-0.05, 0) is 30.3 Å². The molecule has 11 heteroatoms. The van der Waals surface area contributed by atoms with Crippen LogP contribution in [0, 0.1) is 0 Å². The number of halogens is 3. The number of amides is 1. The lowest BCUT2D eigenvalue weighted by Crippen LogP contribution is -2.14. The number of benzene rings is 2. The van der Waals surface area contributed by atoms with E-state index in [9.17, 15) is 4.79 Å². The first-order chi connectivity index (χ1) is 15.9. The smallest absolute Gasteiger partial charge is 0.236 e. The van der Waals surface area contributed by atoms with Crippen LogP contribution < -0.4 is 5.32 Å². The third-order valence-corrected chi connectivity index (χ3v) is 7.42. The van der Waals surface area contributed by atoms with Crippen molar-refractivity contribution >= 4 is 73.3 Å². The number of thiazole rings is 1. The van der Waals surface area contributed by atoms with E-state index in [1.54, 1.807) is 18.2 Å². The lowest BCUT2D eigenvalue weighted by molar-refractivity contribution is -0.113. The summed E-state index contributed by atoms with van der Waals surface area (Å²) < 4.78 is 2.87. The number of aromatic nitrogens is 4. The van der Waals surface area contributed by atoms with E-state index in [-0.39, 0.29) is 11.7 Å². The summed E-state index contributed by atoms with van der Waals surface area (Å²) in [4.78, 5) is 17.0. The molecule has 0 bridgehead atoms. The number of nitrogens with zero attached hydrogens (tertiary/aromatic N) is 4. The van der Waals surface area contributed by atoms with Crippen LogP contribution in [-0.4, -0.2) is 31.4 Å². The number of thioether (sulfide) groups is 1. The Morgan fingerprint density at radius 3 is 2.64 bits per heavy atom. The molecule has 1 N–H and O–H groups in total. The van der Waals surface area contributed by atoms with E-state index in [2.05, 4.69) is 43.0 Å². The van der Waals surface area contributed by atoms with E-state index in [4.69, 9.17) is 23.2 Å². The van der Waals surface area contributed by atoms with Crippen LogP contribution in [0.4, 0.5) is 5.13 Å². The number of carbonyl (C=O) groups is 1. The predicted molar refractivity (Wildman–Crippen MR) is 140 cm³/mol. The van der Waals surface area contributed by atoms with Gasteiger partial charge in [-0.2, -0.15) is 0 Å². The van der Waals surface area contributed by atoms with E-state index < -0.39 is 0 Å². The molecule has 168 valence electrons. The highest BCUT2D eigenvalue weighted by atomic mass is 79.9. The maximum Gasteiger partial charge on any atom is 0.236 e. The molecule has 0 fully saturated rings. The van der Waals surface area contributed by atoms with Crippen LogP contribution in [0.3, 0.4) is 0 Å². The average Bonchev–Trinajstić information content (AvgIpc) is 3.42. The molecule has 1 amide bonds. The molecule has 2 aromatic carbocycles. The van der Waals surface area contributed by atoms with Crippen molar-refractivity contribution in [3.05, 3.63) is 75.0 Å². The molecule has 0 saturated heterocycles. The van der Waals surface area contributed by atoms with Crippen molar-refractivity contribution in [1.29, 1.82) is 0 Å². The van der Waals surface area contributed by atoms with Crippen molar-refractivity contribution in [2.75, 3.05) is 11.1 Å². The predicted octanol–water partition coefficient (Wildman–Crippen LogP) is 7.05. The zero-order valence-corrected chi connectivity index (χ0v) is 21.7. The number of rotatable bonds is 8. The Morgan fingerprint density at radius 1 is 1.15 bits per heavy atom. The Morgan fingerprint density at radius 2 is 1.91 bits per heavy atom. The van der Waals surface area contributed by atoms with E-state index >= 15 is 0 Å². The molecule has 2 heterocycles. The summed E-state index contributed by atoms with van der Waals surface area (Å²) in [6, 6.07) is 13.1.